The van der Waals surface area contributed by atoms with E-state index in [2.05, 4.69) is 31.5 Å². The standard InChI is InChI=1S/C23H25N5O/c1-16-5-6-17(2)21(14-16)25-23(29)19-4-3-13-28(15-19)22-8-7-20(26-27-22)18-9-11-24-12-10-18/h5-12,14,19H,3-4,13,15H2,1-2H3,(H,25,29). The fraction of sp³-hybridized carbons (Fsp3) is 0.304. The lowest BCUT2D eigenvalue weighted by Crippen LogP contribution is -2.41. The third-order valence-electron chi connectivity index (χ3n) is 5.39. The number of amides is 1. The van der Waals surface area contributed by atoms with E-state index in [-0.39, 0.29) is 11.8 Å². The summed E-state index contributed by atoms with van der Waals surface area (Å²) in [6.07, 6.45) is 5.33. The first-order chi connectivity index (χ1) is 14.1. The van der Waals surface area contributed by atoms with E-state index in [1.165, 1.54) is 0 Å². The Bertz CT molecular complexity index is 988. The number of piperidine rings is 1. The van der Waals surface area contributed by atoms with Gasteiger partial charge in [0.25, 0.3) is 0 Å². The molecule has 1 unspecified atom stereocenters. The molecule has 1 saturated heterocycles. The van der Waals surface area contributed by atoms with Gasteiger partial charge < -0.3 is 10.2 Å². The van der Waals surface area contributed by atoms with Gasteiger partial charge in [-0.2, -0.15) is 0 Å². The van der Waals surface area contributed by atoms with Crippen molar-refractivity contribution in [2.24, 2.45) is 5.92 Å². The summed E-state index contributed by atoms with van der Waals surface area (Å²) in [5.41, 5.74) is 4.92. The predicted molar refractivity (Wildman–Crippen MR) is 115 cm³/mol. The molecular formula is C23H25N5O. The zero-order valence-electron chi connectivity index (χ0n) is 16.8. The molecule has 1 atom stereocenters. The molecule has 1 aliphatic rings. The summed E-state index contributed by atoms with van der Waals surface area (Å²) >= 11 is 0. The van der Waals surface area contributed by atoms with Crippen molar-refractivity contribution in [3.05, 3.63) is 66.0 Å². The normalized spacial score (nSPS) is 16.5. The second-order valence-electron chi connectivity index (χ2n) is 7.61. The van der Waals surface area contributed by atoms with Crippen LogP contribution in [0.15, 0.2) is 54.9 Å². The van der Waals surface area contributed by atoms with Gasteiger partial charge in [0.1, 0.15) is 0 Å². The van der Waals surface area contributed by atoms with E-state index in [9.17, 15) is 4.79 Å². The quantitative estimate of drug-likeness (QED) is 0.732. The Labute approximate surface area is 171 Å². The van der Waals surface area contributed by atoms with E-state index < -0.39 is 0 Å². The number of carbonyl (C=O) groups is 1. The van der Waals surface area contributed by atoms with E-state index >= 15 is 0 Å². The van der Waals surface area contributed by atoms with E-state index in [0.717, 1.165) is 53.3 Å². The highest BCUT2D eigenvalue weighted by Crippen LogP contribution is 2.25. The zero-order valence-corrected chi connectivity index (χ0v) is 16.8. The van der Waals surface area contributed by atoms with Crippen molar-refractivity contribution in [3.63, 3.8) is 0 Å². The van der Waals surface area contributed by atoms with Gasteiger partial charge in [0, 0.05) is 36.7 Å². The summed E-state index contributed by atoms with van der Waals surface area (Å²) in [6.45, 7) is 5.59. The number of carbonyl (C=O) groups excluding carboxylic acids is 1. The Balaban J connectivity index is 1.44. The number of hydrogen-bond acceptors (Lipinski definition) is 5. The molecule has 1 aliphatic heterocycles. The highest BCUT2D eigenvalue weighted by atomic mass is 16.1. The van der Waals surface area contributed by atoms with Crippen molar-refractivity contribution in [1.29, 1.82) is 0 Å². The first kappa shape index (κ1) is 19.1. The number of anilines is 2. The molecule has 6 heteroatoms. The number of aromatic nitrogens is 3. The number of aryl methyl sites for hydroxylation is 2. The molecule has 3 aromatic rings. The van der Waals surface area contributed by atoms with E-state index in [1.807, 2.05) is 50.2 Å². The number of pyridine rings is 1. The van der Waals surface area contributed by atoms with Crippen LogP contribution in [0.3, 0.4) is 0 Å². The van der Waals surface area contributed by atoms with Gasteiger partial charge >= 0.3 is 0 Å². The predicted octanol–water partition coefficient (Wildman–Crippen LogP) is 4.01. The van der Waals surface area contributed by atoms with Crippen LogP contribution in [0.25, 0.3) is 11.3 Å². The highest BCUT2D eigenvalue weighted by Gasteiger charge is 2.27. The van der Waals surface area contributed by atoms with Crippen LogP contribution in [0, 0.1) is 19.8 Å². The van der Waals surface area contributed by atoms with Crippen molar-refractivity contribution in [2.75, 3.05) is 23.3 Å². The van der Waals surface area contributed by atoms with Crippen molar-refractivity contribution >= 4 is 17.4 Å². The third kappa shape index (κ3) is 4.42. The lowest BCUT2D eigenvalue weighted by atomic mass is 9.96. The Hall–Kier alpha value is -3.28. The van der Waals surface area contributed by atoms with Crippen LogP contribution in [0.5, 0.6) is 0 Å². The SMILES string of the molecule is Cc1ccc(C)c(NC(=O)C2CCCN(c3ccc(-c4ccncc4)nn3)C2)c1. The Kier molecular flexibility index (Phi) is 5.51. The molecule has 1 aromatic carbocycles. The average Bonchev–Trinajstić information content (AvgIpc) is 2.77. The van der Waals surface area contributed by atoms with Gasteiger partial charge in [-0.25, -0.2) is 0 Å². The molecule has 1 amide bonds. The molecule has 148 valence electrons. The number of nitrogens with one attached hydrogen (secondary N) is 1. The van der Waals surface area contributed by atoms with Crippen molar-refractivity contribution < 1.29 is 4.79 Å². The number of rotatable bonds is 4. The summed E-state index contributed by atoms with van der Waals surface area (Å²) < 4.78 is 0. The van der Waals surface area contributed by atoms with Crippen LogP contribution in [-0.4, -0.2) is 34.2 Å². The van der Waals surface area contributed by atoms with Crippen LogP contribution >= 0.6 is 0 Å². The minimum absolute atomic E-state index is 0.0645. The monoisotopic (exact) mass is 387 g/mol. The lowest BCUT2D eigenvalue weighted by Gasteiger charge is -2.32. The van der Waals surface area contributed by atoms with E-state index in [4.69, 9.17) is 0 Å². The first-order valence-electron chi connectivity index (χ1n) is 9.97. The molecule has 2 aromatic heterocycles. The second kappa shape index (κ2) is 8.39. The molecule has 0 spiro atoms. The van der Waals surface area contributed by atoms with Gasteiger partial charge in [-0.15, -0.1) is 10.2 Å². The maximum atomic E-state index is 12.9. The van der Waals surface area contributed by atoms with Gasteiger partial charge in [0.05, 0.1) is 11.6 Å². The fourth-order valence-electron chi connectivity index (χ4n) is 3.68. The molecule has 0 saturated carbocycles. The summed E-state index contributed by atoms with van der Waals surface area (Å²) in [6, 6.07) is 13.9. The van der Waals surface area contributed by atoms with E-state index in [1.54, 1.807) is 12.4 Å². The average molecular weight is 387 g/mol. The van der Waals surface area contributed by atoms with Crippen LogP contribution in [-0.2, 0) is 4.79 Å². The maximum Gasteiger partial charge on any atom is 0.229 e. The van der Waals surface area contributed by atoms with Crippen LogP contribution < -0.4 is 10.2 Å². The Morgan fingerprint density at radius 1 is 1.07 bits per heavy atom. The molecule has 0 bridgehead atoms. The summed E-state index contributed by atoms with van der Waals surface area (Å²) in [5.74, 6) is 0.821. The zero-order chi connectivity index (χ0) is 20.2. The smallest absolute Gasteiger partial charge is 0.229 e. The molecule has 0 aliphatic carbocycles. The minimum Gasteiger partial charge on any atom is -0.354 e. The molecule has 0 radical (unpaired) electrons. The van der Waals surface area contributed by atoms with Gasteiger partial charge in [-0.3, -0.25) is 9.78 Å². The van der Waals surface area contributed by atoms with Crippen LogP contribution in [0.4, 0.5) is 11.5 Å². The first-order valence-corrected chi connectivity index (χ1v) is 9.97. The van der Waals surface area contributed by atoms with Crippen LogP contribution in [0.2, 0.25) is 0 Å². The Morgan fingerprint density at radius 2 is 1.90 bits per heavy atom. The third-order valence-corrected chi connectivity index (χ3v) is 5.39. The van der Waals surface area contributed by atoms with Crippen molar-refractivity contribution in [3.8, 4) is 11.3 Å². The fourth-order valence-corrected chi connectivity index (χ4v) is 3.68. The van der Waals surface area contributed by atoms with Crippen LogP contribution in [0.1, 0.15) is 24.0 Å². The van der Waals surface area contributed by atoms with Gasteiger partial charge in [-0.05, 0) is 68.1 Å². The van der Waals surface area contributed by atoms with Gasteiger partial charge in [0.15, 0.2) is 5.82 Å². The molecule has 3 heterocycles. The molecule has 1 N–H and O–H groups in total. The number of benzene rings is 1. The number of nitrogens with zero attached hydrogens (tertiary/aromatic N) is 4. The summed E-state index contributed by atoms with van der Waals surface area (Å²) in [5, 5.41) is 11.9. The van der Waals surface area contributed by atoms with Crippen molar-refractivity contribution in [2.45, 2.75) is 26.7 Å². The van der Waals surface area contributed by atoms with Gasteiger partial charge in [-0.1, -0.05) is 12.1 Å². The maximum absolute atomic E-state index is 12.9. The molecular weight excluding hydrogens is 362 g/mol. The van der Waals surface area contributed by atoms with E-state index in [0.29, 0.717) is 6.54 Å². The minimum atomic E-state index is -0.0645. The Morgan fingerprint density at radius 3 is 2.66 bits per heavy atom. The topological polar surface area (TPSA) is 71.0 Å². The summed E-state index contributed by atoms with van der Waals surface area (Å²) in [4.78, 5) is 19.1. The van der Waals surface area contributed by atoms with Crippen molar-refractivity contribution in [1.82, 2.24) is 15.2 Å². The molecule has 6 nitrogen and oxygen atoms in total. The second-order valence-corrected chi connectivity index (χ2v) is 7.61. The molecule has 29 heavy (non-hydrogen) atoms. The summed E-state index contributed by atoms with van der Waals surface area (Å²) in [7, 11) is 0. The van der Waals surface area contributed by atoms with Gasteiger partial charge in [0.2, 0.25) is 5.91 Å². The number of hydrogen-bond donors (Lipinski definition) is 1. The largest absolute Gasteiger partial charge is 0.354 e. The molecule has 4 rings (SSSR count). The lowest BCUT2D eigenvalue weighted by molar-refractivity contribution is -0.120. The molecule has 1 fully saturated rings. The highest BCUT2D eigenvalue weighted by molar-refractivity contribution is 5.93.